The molecule has 2 aliphatic rings. The van der Waals surface area contributed by atoms with Gasteiger partial charge in [-0.25, -0.2) is 0 Å². The van der Waals surface area contributed by atoms with Gasteiger partial charge < -0.3 is 10.2 Å². The second kappa shape index (κ2) is 8.39. The number of hydrogen-bond acceptors (Lipinski definition) is 3. The molecule has 0 bridgehead atoms. The zero-order valence-electron chi connectivity index (χ0n) is 17.4. The first-order valence-electron chi connectivity index (χ1n) is 10.9. The fraction of sp³-hybridized carbons (Fsp3) is 0.308. The number of carbonyl (C=O) groups is 2. The number of rotatable bonds is 5. The minimum Gasteiger partial charge on any atom is -0.350 e. The van der Waals surface area contributed by atoms with Crippen LogP contribution in [-0.4, -0.2) is 33.8 Å². The smallest absolute Gasteiger partial charge is 0.246 e. The maximum Gasteiger partial charge on any atom is 0.246 e. The molecule has 0 spiro atoms. The number of likely N-dealkylation sites (tertiary alicyclic amines) is 1. The highest BCUT2D eigenvalue weighted by Gasteiger charge is 2.54. The molecular weight excluding hydrogens is 404 g/mol. The predicted octanol–water partition coefficient (Wildman–Crippen LogP) is 4.70. The number of thioether (sulfide) groups is 1. The van der Waals surface area contributed by atoms with E-state index >= 15 is 0 Å². The van der Waals surface area contributed by atoms with Crippen molar-refractivity contribution in [3.63, 3.8) is 0 Å². The highest BCUT2D eigenvalue weighted by atomic mass is 32.2. The van der Waals surface area contributed by atoms with E-state index in [1.807, 2.05) is 53.1 Å². The van der Waals surface area contributed by atoms with Gasteiger partial charge in [0.05, 0.1) is 12.5 Å². The van der Waals surface area contributed by atoms with Crippen molar-refractivity contribution in [1.82, 2.24) is 10.2 Å². The number of carbonyl (C=O) groups excluding carboxylic acids is 2. The van der Waals surface area contributed by atoms with Gasteiger partial charge in [-0.1, -0.05) is 72.8 Å². The van der Waals surface area contributed by atoms with Crippen LogP contribution in [0.2, 0.25) is 0 Å². The van der Waals surface area contributed by atoms with Crippen molar-refractivity contribution < 1.29 is 9.59 Å². The molecule has 31 heavy (non-hydrogen) atoms. The van der Waals surface area contributed by atoms with E-state index < -0.39 is 5.54 Å². The first-order chi connectivity index (χ1) is 15.2. The summed E-state index contributed by atoms with van der Waals surface area (Å²) in [5.74, 6) is 1.86. The van der Waals surface area contributed by atoms with Gasteiger partial charge in [-0.15, -0.1) is 0 Å². The zero-order chi connectivity index (χ0) is 21.3. The van der Waals surface area contributed by atoms with E-state index in [0.717, 1.165) is 28.0 Å². The van der Waals surface area contributed by atoms with Crippen LogP contribution < -0.4 is 5.32 Å². The summed E-state index contributed by atoms with van der Waals surface area (Å²) in [5, 5.41) is 5.52. The van der Waals surface area contributed by atoms with Gasteiger partial charge in [0, 0.05) is 6.54 Å². The van der Waals surface area contributed by atoms with Gasteiger partial charge >= 0.3 is 0 Å². The summed E-state index contributed by atoms with van der Waals surface area (Å²) in [4.78, 5) is 28.4. The average molecular weight is 431 g/mol. The van der Waals surface area contributed by atoms with Crippen LogP contribution in [0, 0.1) is 0 Å². The van der Waals surface area contributed by atoms with Crippen LogP contribution in [0.3, 0.4) is 0 Å². The van der Waals surface area contributed by atoms with Crippen LogP contribution >= 0.6 is 11.8 Å². The van der Waals surface area contributed by atoms with E-state index in [2.05, 4.69) is 41.7 Å². The van der Waals surface area contributed by atoms with E-state index in [4.69, 9.17) is 0 Å². The normalized spacial score (nSPS) is 20.3. The standard InChI is InChI=1S/C26H26N2O2S/c29-24-17-23(20-8-2-1-3-9-20)28(24)26(13-15-31-16-14-26)25(30)27-18-21-11-6-10-19-7-4-5-12-22(19)21/h1-12,23H,13-18H2,(H,27,30). The molecule has 1 unspecified atom stereocenters. The summed E-state index contributed by atoms with van der Waals surface area (Å²) in [7, 11) is 0. The van der Waals surface area contributed by atoms with E-state index in [-0.39, 0.29) is 17.9 Å². The summed E-state index contributed by atoms with van der Waals surface area (Å²) in [6.07, 6.45) is 1.89. The molecule has 2 heterocycles. The first-order valence-corrected chi connectivity index (χ1v) is 12.0. The monoisotopic (exact) mass is 430 g/mol. The maximum absolute atomic E-state index is 13.7. The van der Waals surface area contributed by atoms with Gasteiger partial charge in [0.2, 0.25) is 11.8 Å². The minimum atomic E-state index is -0.758. The number of hydrogen-bond donors (Lipinski definition) is 1. The Labute approximate surface area is 187 Å². The molecule has 0 aliphatic carbocycles. The van der Waals surface area contributed by atoms with Crippen LogP contribution in [0.5, 0.6) is 0 Å². The second-order valence-electron chi connectivity index (χ2n) is 8.36. The van der Waals surface area contributed by atoms with Gasteiger partial charge in [-0.3, -0.25) is 9.59 Å². The van der Waals surface area contributed by atoms with Gasteiger partial charge in [0.15, 0.2) is 0 Å². The van der Waals surface area contributed by atoms with Crippen molar-refractivity contribution in [3.05, 3.63) is 83.9 Å². The Morgan fingerprint density at radius 3 is 2.45 bits per heavy atom. The largest absolute Gasteiger partial charge is 0.350 e. The summed E-state index contributed by atoms with van der Waals surface area (Å²) >= 11 is 1.86. The number of benzene rings is 3. The molecule has 0 saturated carbocycles. The topological polar surface area (TPSA) is 49.4 Å². The number of nitrogens with zero attached hydrogens (tertiary/aromatic N) is 1. The Hall–Kier alpha value is -2.79. The van der Waals surface area contributed by atoms with Crippen LogP contribution in [0.25, 0.3) is 10.8 Å². The number of amides is 2. The van der Waals surface area contributed by atoms with E-state index in [1.54, 1.807) is 0 Å². The number of β-lactam (4-membered cyclic amide) rings is 1. The molecule has 5 heteroatoms. The molecule has 3 aromatic rings. The highest BCUT2D eigenvalue weighted by molar-refractivity contribution is 7.99. The van der Waals surface area contributed by atoms with Crippen LogP contribution in [0.1, 0.15) is 36.4 Å². The van der Waals surface area contributed by atoms with Crippen molar-refractivity contribution in [1.29, 1.82) is 0 Å². The Morgan fingerprint density at radius 2 is 1.68 bits per heavy atom. The Kier molecular flexibility index (Phi) is 5.45. The Balaban J connectivity index is 1.41. The lowest BCUT2D eigenvalue weighted by Gasteiger charge is -2.54. The third-order valence-corrected chi connectivity index (χ3v) is 7.64. The Morgan fingerprint density at radius 1 is 0.968 bits per heavy atom. The third kappa shape index (κ3) is 3.61. The maximum atomic E-state index is 13.7. The third-order valence-electron chi connectivity index (χ3n) is 6.66. The van der Waals surface area contributed by atoms with Crippen molar-refractivity contribution in [2.75, 3.05) is 11.5 Å². The van der Waals surface area contributed by atoms with E-state index in [0.29, 0.717) is 25.8 Å². The summed E-state index contributed by atoms with van der Waals surface area (Å²) < 4.78 is 0. The van der Waals surface area contributed by atoms with Crippen molar-refractivity contribution in [2.45, 2.75) is 37.4 Å². The number of nitrogens with one attached hydrogen (secondary N) is 1. The fourth-order valence-electron chi connectivity index (χ4n) is 4.97. The van der Waals surface area contributed by atoms with Crippen molar-refractivity contribution in [2.24, 2.45) is 0 Å². The van der Waals surface area contributed by atoms with Gasteiger partial charge in [-0.2, -0.15) is 11.8 Å². The molecule has 3 aromatic carbocycles. The van der Waals surface area contributed by atoms with Crippen LogP contribution in [0.4, 0.5) is 0 Å². The molecular formula is C26H26N2O2S. The molecule has 4 nitrogen and oxygen atoms in total. The average Bonchev–Trinajstić information content (AvgIpc) is 2.82. The molecule has 1 atom stereocenters. The quantitative estimate of drug-likeness (QED) is 0.597. The van der Waals surface area contributed by atoms with Gasteiger partial charge in [0.25, 0.3) is 0 Å². The fourth-order valence-corrected chi connectivity index (χ4v) is 6.14. The molecule has 158 valence electrons. The summed E-state index contributed by atoms with van der Waals surface area (Å²) in [5.41, 5.74) is 1.45. The molecule has 0 radical (unpaired) electrons. The van der Waals surface area contributed by atoms with E-state index in [9.17, 15) is 9.59 Å². The molecule has 1 N–H and O–H groups in total. The van der Waals surface area contributed by atoms with Gasteiger partial charge in [0.1, 0.15) is 5.54 Å². The highest BCUT2D eigenvalue weighted by Crippen LogP contribution is 2.45. The molecule has 0 aromatic heterocycles. The van der Waals surface area contributed by atoms with Crippen LogP contribution in [0.15, 0.2) is 72.8 Å². The molecule has 2 fully saturated rings. The lowest BCUT2D eigenvalue weighted by atomic mass is 9.80. The molecule has 2 amide bonds. The molecule has 2 aliphatic heterocycles. The molecule has 2 saturated heterocycles. The predicted molar refractivity (Wildman–Crippen MR) is 126 cm³/mol. The molecule has 5 rings (SSSR count). The second-order valence-corrected chi connectivity index (χ2v) is 9.58. The Bertz CT molecular complexity index is 1100. The van der Waals surface area contributed by atoms with Crippen molar-refractivity contribution >= 4 is 34.3 Å². The van der Waals surface area contributed by atoms with Crippen molar-refractivity contribution in [3.8, 4) is 0 Å². The SMILES string of the molecule is O=C1CC(c2ccccc2)N1C1(C(=O)NCc2cccc3ccccc23)CCSCC1. The van der Waals surface area contributed by atoms with E-state index in [1.165, 1.54) is 5.39 Å². The summed E-state index contributed by atoms with van der Waals surface area (Å²) in [6.45, 7) is 0.465. The van der Waals surface area contributed by atoms with Crippen LogP contribution in [-0.2, 0) is 16.1 Å². The first kappa shape index (κ1) is 20.1. The summed E-state index contributed by atoms with van der Waals surface area (Å²) in [6, 6.07) is 24.5. The number of fused-ring (bicyclic) bond motifs is 1. The lowest BCUT2D eigenvalue weighted by molar-refractivity contribution is -0.166. The zero-order valence-corrected chi connectivity index (χ0v) is 18.2. The minimum absolute atomic E-state index is 0.0138. The lowest BCUT2D eigenvalue weighted by Crippen LogP contribution is -2.67. The van der Waals surface area contributed by atoms with Gasteiger partial charge in [-0.05, 0) is 46.2 Å².